The molecule has 19 nitrogen and oxygen atoms in total. The van der Waals surface area contributed by atoms with Crippen molar-refractivity contribution in [3.8, 4) is 0 Å². The molecule has 1 aliphatic heterocycles. The van der Waals surface area contributed by atoms with E-state index in [0.717, 1.165) is 5.56 Å². The number of ether oxygens (including phenoxy) is 1. The molecule has 0 aliphatic carbocycles. The van der Waals surface area contributed by atoms with Crippen LogP contribution < -0.4 is 21.3 Å². The number of carbonyl (C=O) groups is 5. The van der Waals surface area contributed by atoms with Crippen LogP contribution in [0, 0.1) is 36.9 Å². The summed E-state index contributed by atoms with van der Waals surface area (Å²) in [6.07, 6.45) is 3.33. The molecule has 1 aliphatic rings. The van der Waals surface area contributed by atoms with Crippen LogP contribution in [0.4, 0.5) is 9.93 Å². The van der Waals surface area contributed by atoms with E-state index in [1.807, 2.05) is 52.5 Å². The third-order valence-electron chi connectivity index (χ3n) is 10.2. The van der Waals surface area contributed by atoms with Crippen LogP contribution in [-0.2, 0) is 41.8 Å². The molecular formula is C39H65FLuN10O9Si. The van der Waals surface area contributed by atoms with Crippen LogP contribution >= 0.6 is 0 Å². The van der Waals surface area contributed by atoms with E-state index in [9.17, 15) is 39.3 Å². The van der Waals surface area contributed by atoms with Gasteiger partial charge in [-0.1, -0.05) is 47.6 Å². The molecule has 2 aromatic rings. The van der Waals surface area contributed by atoms with Gasteiger partial charge < -0.3 is 40.1 Å². The molecule has 0 saturated carbocycles. The molecule has 6 N–H and O–H groups in total. The molecule has 2 aromatic heterocycles. The number of rotatable bonds is 20. The zero-order valence-electron chi connectivity index (χ0n) is 36.2. The van der Waals surface area contributed by atoms with Gasteiger partial charge in [-0.05, 0) is 21.7 Å². The third kappa shape index (κ3) is 18.5. The molecular weight excluding hydrogens is 975 g/mol. The quantitative estimate of drug-likeness (QED) is 0.0596. The Hall–Kier alpha value is -3.31. The summed E-state index contributed by atoms with van der Waals surface area (Å²) in [5.74, 6) is -3.28. The summed E-state index contributed by atoms with van der Waals surface area (Å²) in [4.78, 5) is 71.3. The number of nitrogens with zero attached hydrogens (tertiary/aromatic N) is 7. The van der Waals surface area contributed by atoms with Gasteiger partial charge in [-0.25, -0.2) is 0 Å². The molecule has 1 saturated heterocycles. The number of pyridine rings is 1. The second-order valence-electron chi connectivity index (χ2n) is 17.0. The van der Waals surface area contributed by atoms with Crippen molar-refractivity contribution in [2.45, 2.75) is 64.7 Å². The number of carboxylic acid groups (broad SMARTS) is 3. The number of hydrogen-bond donors (Lipinski definition) is 6. The maximum absolute atomic E-state index is 17.6. The first-order chi connectivity index (χ1) is 28.2. The van der Waals surface area contributed by atoms with Crippen LogP contribution in [-0.4, -0.2) is 193 Å². The Balaban J connectivity index is 0.0000128. The average molecular weight is 1040 g/mol. The smallest absolute Gasteiger partial charge is 0.317 e. The fourth-order valence-corrected chi connectivity index (χ4v) is 12.0. The molecule has 0 atom stereocenters. The van der Waals surface area contributed by atoms with Gasteiger partial charge in [-0.3, -0.25) is 53.2 Å². The predicted octanol–water partition coefficient (Wildman–Crippen LogP) is 0.337. The van der Waals surface area contributed by atoms with Crippen molar-refractivity contribution in [2.75, 3.05) is 110 Å². The molecule has 351 valence electrons. The number of aromatic nitrogens is 3. The van der Waals surface area contributed by atoms with Crippen LogP contribution in [0.2, 0.25) is 10.1 Å². The van der Waals surface area contributed by atoms with Crippen LogP contribution in [0.3, 0.4) is 0 Å². The van der Waals surface area contributed by atoms with Gasteiger partial charge in [0.15, 0.2) is 0 Å². The number of hydrogen-bond acceptors (Lipinski definition) is 13. The topological polar surface area (TPSA) is 235 Å². The Kier molecular flexibility index (Phi) is 22.7. The van der Waals surface area contributed by atoms with Crippen molar-refractivity contribution in [3.05, 3.63) is 36.2 Å². The van der Waals surface area contributed by atoms with E-state index in [-0.39, 0.29) is 134 Å². The first kappa shape index (κ1) is 53.8. The Labute approximate surface area is 388 Å². The molecule has 3 heterocycles. The summed E-state index contributed by atoms with van der Waals surface area (Å²) >= 11 is 0. The minimum absolute atomic E-state index is 0. The van der Waals surface area contributed by atoms with Gasteiger partial charge in [-0.15, -0.1) is 0 Å². The van der Waals surface area contributed by atoms with Gasteiger partial charge in [0.05, 0.1) is 57.8 Å². The van der Waals surface area contributed by atoms with E-state index in [1.54, 1.807) is 43.9 Å². The van der Waals surface area contributed by atoms with Crippen molar-refractivity contribution in [1.82, 2.24) is 45.0 Å². The van der Waals surface area contributed by atoms with Gasteiger partial charge in [0, 0.05) is 121 Å². The van der Waals surface area contributed by atoms with E-state index < -0.39 is 36.4 Å². The number of halogens is 1. The molecule has 22 heteroatoms. The maximum Gasteiger partial charge on any atom is 0.317 e. The Morgan fingerprint density at radius 1 is 0.754 bits per heavy atom. The molecule has 0 unspecified atom stereocenters. The van der Waals surface area contributed by atoms with E-state index in [1.165, 1.54) is 0 Å². The van der Waals surface area contributed by atoms with Gasteiger partial charge in [0.25, 0.3) is 0 Å². The van der Waals surface area contributed by atoms with Crippen LogP contribution in [0.15, 0.2) is 30.6 Å². The molecule has 0 aromatic carbocycles. The fourth-order valence-electron chi connectivity index (χ4n) is 7.34. The van der Waals surface area contributed by atoms with E-state index in [0.29, 0.717) is 43.9 Å². The van der Waals surface area contributed by atoms with Crippen LogP contribution in [0.25, 0.3) is 0 Å². The summed E-state index contributed by atoms with van der Waals surface area (Å²) in [7, 11) is -3.78. The largest absolute Gasteiger partial charge is 0.480 e. The van der Waals surface area contributed by atoms with Crippen molar-refractivity contribution in [1.29, 1.82) is 0 Å². The van der Waals surface area contributed by atoms with E-state index in [2.05, 4.69) is 26.0 Å². The normalized spacial score (nSPS) is 15.8. The minimum atomic E-state index is -3.78. The van der Waals surface area contributed by atoms with Crippen molar-refractivity contribution in [3.63, 3.8) is 0 Å². The molecule has 61 heavy (non-hydrogen) atoms. The first-order valence-corrected chi connectivity index (χ1v) is 22.1. The zero-order chi connectivity index (χ0) is 44.5. The zero-order valence-corrected chi connectivity index (χ0v) is 38.8. The Morgan fingerprint density at radius 2 is 1.25 bits per heavy atom. The number of nitrogens with one attached hydrogen (secondary N) is 3. The van der Waals surface area contributed by atoms with Gasteiger partial charge in [-0.2, -0.15) is 5.10 Å². The monoisotopic (exact) mass is 1040 g/mol. The molecule has 0 spiro atoms. The van der Waals surface area contributed by atoms with Gasteiger partial charge >= 0.3 is 26.3 Å². The average Bonchev–Trinajstić information content (AvgIpc) is 3.57. The number of anilines is 1. The summed E-state index contributed by atoms with van der Waals surface area (Å²) in [5.41, 5.74) is 0.858. The summed E-state index contributed by atoms with van der Waals surface area (Å²) < 4.78 is 25.1. The SMILES string of the molecule is CC(C)(C)[Si](F)(c1cc(NCC(=O)NCc2cccnc2)nn1CCOCCNC(=O)CN1CCN(CC(=O)O)CCN(CC(=O)O)CCN(CC(=O)O)CC1)C(C)(C)C.[Lu]. The second-order valence-corrected chi connectivity index (χ2v) is 21.9. The van der Waals surface area contributed by atoms with Crippen LogP contribution in [0.5, 0.6) is 0 Å². The molecule has 3 rings (SSSR count). The molecule has 0 bridgehead atoms. The number of carbonyl (C=O) groups excluding carboxylic acids is 2. The van der Waals surface area contributed by atoms with Crippen molar-refractivity contribution >= 4 is 49.3 Å². The molecule has 1 fully saturated rings. The number of amides is 2. The standard InChI is InChI=1S/C39H65FN10O9Si.Lu/c1-38(2,3)60(40,39(4,5)6)34-22-31(43-25-32(51)44-24-30-8-7-9-41-23-30)45-50(34)19-21-59-20-10-42-33(52)26-46-11-13-47(27-35(53)54)15-17-49(29-37(57)58)18-16-48(14-12-46)28-36(55)56;/h7-9,22-23H,10-21,24-29H2,1-6H3,(H,42,52)(H,43,45)(H,44,51)(H,53,54)(H,55,56)(H,57,58);. The third-order valence-corrected chi connectivity index (χ3v) is 15.5. The molecule has 1 radical (unpaired) electrons. The maximum atomic E-state index is 17.6. The predicted molar refractivity (Wildman–Crippen MR) is 225 cm³/mol. The Bertz CT molecular complexity index is 1670. The number of aliphatic carboxylic acids is 3. The van der Waals surface area contributed by atoms with Crippen molar-refractivity contribution in [2.24, 2.45) is 0 Å². The molecule has 2 amide bonds. The summed E-state index contributed by atoms with van der Waals surface area (Å²) in [6.45, 7) is 13.9. The minimum Gasteiger partial charge on any atom is -0.480 e. The summed E-state index contributed by atoms with van der Waals surface area (Å²) in [5, 5.41) is 40.8. The number of carboxylic acids is 3. The fraction of sp³-hybridized carbons (Fsp3) is 0.667. The van der Waals surface area contributed by atoms with E-state index >= 15 is 4.11 Å². The Morgan fingerprint density at radius 3 is 1.69 bits per heavy atom. The van der Waals surface area contributed by atoms with Crippen molar-refractivity contribution < 1.29 is 85.0 Å². The second kappa shape index (κ2) is 25.7. The van der Waals surface area contributed by atoms with Gasteiger partial charge in [0.2, 0.25) is 11.8 Å². The summed E-state index contributed by atoms with van der Waals surface area (Å²) in [6, 6.07) is 5.35. The van der Waals surface area contributed by atoms with E-state index in [4.69, 9.17) is 4.74 Å². The van der Waals surface area contributed by atoms with Crippen LogP contribution in [0.1, 0.15) is 47.1 Å². The van der Waals surface area contributed by atoms with Gasteiger partial charge in [0.1, 0.15) is 5.82 Å². The first-order valence-electron chi connectivity index (χ1n) is 20.2.